The van der Waals surface area contributed by atoms with E-state index in [0.717, 1.165) is 5.56 Å². The molecule has 0 aliphatic heterocycles. The van der Waals surface area contributed by atoms with E-state index < -0.39 is 47.9 Å². The molecule has 0 saturated carbocycles. The number of nitrogens with two attached hydrogens (primary N) is 1. The Bertz CT molecular complexity index is 759. The first-order valence-corrected chi connectivity index (χ1v) is 10.7. The minimum atomic E-state index is -1.15. The second kappa shape index (κ2) is 13.0. The van der Waals surface area contributed by atoms with E-state index in [9.17, 15) is 24.3 Å². The van der Waals surface area contributed by atoms with Crippen LogP contribution in [0.2, 0.25) is 0 Å². The summed E-state index contributed by atoms with van der Waals surface area (Å²) in [6, 6.07) is 5.33. The van der Waals surface area contributed by atoms with Crippen LogP contribution in [0.5, 0.6) is 0 Å². The fourth-order valence-corrected chi connectivity index (χ4v) is 3.06. The molecule has 172 valence electrons. The van der Waals surface area contributed by atoms with Gasteiger partial charge in [0.15, 0.2) is 0 Å². The molecular formula is C21H32N4O5S. The summed E-state index contributed by atoms with van der Waals surface area (Å²) >= 11 is 4.07. The Hall–Kier alpha value is -2.59. The molecule has 0 radical (unpaired) electrons. The zero-order chi connectivity index (χ0) is 23.6. The third-order valence-corrected chi connectivity index (χ3v) is 4.89. The Morgan fingerprint density at radius 1 is 0.935 bits per heavy atom. The second-order valence-corrected chi connectivity index (χ2v) is 8.16. The van der Waals surface area contributed by atoms with Crippen molar-refractivity contribution in [3.8, 4) is 0 Å². The van der Waals surface area contributed by atoms with E-state index in [0.29, 0.717) is 6.42 Å². The van der Waals surface area contributed by atoms with Crippen LogP contribution >= 0.6 is 12.6 Å². The number of nitrogens with one attached hydrogen (secondary N) is 3. The van der Waals surface area contributed by atoms with Gasteiger partial charge < -0.3 is 26.8 Å². The van der Waals surface area contributed by atoms with Crippen molar-refractivity contribution in [3.63, 3.8) is 0 Å². The average Bonchev–Trinajstić information content (AvgIpc) is 2.71. The van der Waals surface area contributed by atoms with Crippen LogP contribution in [0.15, 0.2) is 30.3 Å². The van der Waals surface area contributed by atoms with Gasteiger partial charge in [-0.25, -0.2) is 4.79 Å². The molecule has 0 aliphatic rings. The van der Waals surface area contributed by atoms with Gasteiger partial charge in [-0.3, -0.25) is 14.4 Å². The highest BCUT2D eigenvalue weighted by atomic mass is 32.1. The summed E-state index contributed by atoms with van der Waals surface area (Å²) in [6.07, 6.45) is 0.565. The number of hydrogen-bond acceptors (Lipinski definition) is 6. The Labute approximate surface area is 187 Å². The Morgan fingerprint density at radius 3 is 2.03 bits per heavy atom. The lowest BCUT2D eigenvalue weighted by Crippen LogP contribution is -2.57. The highest BCUT2D eigenvalue weighted by Crippen LogP contribution is 2.06. The second-order valence-electron chi connectivity index (χ2n) is 7.80. The summed E-state index contributed by atoms with van der Waals surface area (Å²) in [5.74, 6) is -2.90. The normalized spacial score (nSPS) is 14.8. The third kappa shape index (κ3) is 9.39. The molecule has 31 heavy (non-hydrogen) atoms. The molecule has 0 spiro atoms. The summed E-state index contributed by atoms with van der Waals surface area (Å²) in [5, 5.41) is 16.7. The molecule has 6 N–H and O–H groups in total. The van der Waals surface area contributed by atoms with Gasteiger partial charge in [0.1, 0.15) is 18.1 Å². The lowest BCUT2D eigenvalue weighted by Gasteiger charge is -2.23. The lowest BCUT2D eigenvalue weighted by atomic mass is 10.0. The Balaban J connectivity index is 2.62. The van der Waals surface area contributed by atoms with Crippen molar-refractivity contribution < 1.29 is 24.3 Å². The smallest absolute Gasteiger partial charge is 0.326 e. The van der Waals surface area contributed by atoms with Crippen molar-refractivity contribution in [3.05, 3.63) is 35.9 Å². The molecule has 4 atom stereocenters. The number of hydrogen-bond donors (Lipinski definition) is 6. The predicted octanol–water partition coefficient (Wildman–Crippen LogP) is 0.0912. The van der Waals surface area contributed by atoms with E-state index in [1.807, 2.05) is 44.2 Å². The van der Waals surface area contributed by atoms with Crippen LogP contribution in [-0.2, 0) is 25.6 Å². The fraction of sp³-hybridized carbons (Fsp3) is 0.524. The number of amides is 3. The SMILES string of the molecule is CC(C)CC(NC(=O)C(CS)NC(=O)C(C)NC(=O)C(N)Cc1ccccc1)C(=O)O. The van der Waals surface area contributed by atoms with Gasteiger partial charge in [-0.05, 0) is 31.2 Å². The van der Waals surface area contributed by atoms with Gasteiger partial charge in [-0.1, -0.05) is 44.2 Å². The molecule has 0 heterocycles. The van der Waals surface area contributed by atoms with Crippen molar-refractivity contribution >= 4 is 36.3 Å². The number of carbonyl (C=O) groups excluding carboxylic acids is 3. The van der Waals surface area contributed by atoms with Gasteiger partial charge in [0.25, 0.3) is 0 Å². The minimum absolute atomic E-state index is 0.0419. The van der Waals surface area contributed by atoms with E-state index in [1.165, 1.54) is 6.92 Å². The molecule has 0 saturated heterocycles. The molecular weight excluding hydrogens is 420 g/mol. The molecule has 1 rings (SSSR count). The van der Waals surface area contributed by atoms with Crippen LogP contribution in [0.3, 0.4) is 0 Å². The summed E-state index contributed by atoms with van der Waals surface area (Å²) in [4.78, 5) is 48.5. The number of benzene rings is 1. The van der Waals surface area contributed by atoms with E-state index in [4.69, 9.17) is 5.73 Å². The van der Waals surface area contributed by atoms with Gasteiger partial charge in [0.05, 0.1) is 6.04 Å². The van der Waals surface area contributed by atoms with Gasteiger partial charge >= 0.3 is 5.97 Å². The molecule has 0 aliphatic carbocycles. The molecule has 3 amide bonds. The van der Waals surface area contributed by atoms with Gasteiger partial charge in [-0.2, -0.15) is 12.6 Å². The first-order valence-electron chi connectivity index (χ1n) is 10.1. The zero-order valence-electron chi connectivity index (χ0n) is 18.0. The van der Waals surface area contributed by atoms with Crippen molar-refractivity contribution in [1.82, 2.24) is 16.0 Å². The van der Waals surface area contributed by atoms with Gasteiger partial charge in [0, 0.05) is 5.75 Å². The number of carboxylic acids is 1. The summed E-state index contributed by atoms with van der Waals surface area (Å²) in [5.41, 5.74) is 6.81. The van der Waals surface area contributed by atoms with Crippen LogP contribution in [0.1, 0.15) is 32.8 Å². The number of aliphatic carboxylic acids is 1. The van der Waals surface area contributed by atoms with E-state index in [-0.39, 0.29) is 18.1 Å². The third-order valence-electron chi connectivity index (χ3n) is 4.52. The van der Waals surface area contributed by atoms with Crippen molar-refractivity contribution in [2.24, 2.45) is 11.7 Å². The molecule has 0 bridgehead atoms. The number of thiol groups is 1. The summed E-state index contributed by atoms with van der Waals surface area (Å²) in [6.45, 7) is 5.15. The fourth-order valence-electron chi connectivity index (χ4n) is 2.80. The first kappa shape index (κ1) is 26.4. The maximum atomic E-state index is 12.4. The molecule has 10 heteroatoms. The number of carbonyl (C=O) groups is 4. The highest BCUT2D eigenvalue weighted by Gasteiger charge is 2.28. The topological polar surface area (TPSA) is 151 Å². The monoisotopic (exact) mass is 452 g/mol. The number of carboxylic acid groups (broad SMARTS) is 1. The van der Waals surface area contributed by atoms with E-state index >= 15 is 0 Å². The van der Waals surface area contributed by atoms with Crippen LogP contribution < -0.4 is 21.7 Å². The molecule has 9 nitrogen and oxygen atoms in total. The minimum Gasteiger partial charge on any atom is -0.480 e. The standard InChI is InChI=1S/C21H32N4O5S/c1-12(2)9-16(21(29)30)24-20(28)17(11-31)25-18(26)13(3)23-19(27)15(22)10-14-7-5-4-6-8-14/h4-8,12-13,15-17,31H,9-11,22H2,1-3H3,(H,23,27)(H,24,28)(H,25,26)(H,29,30). The molecule has 0 fully saturated rings. The van der Waals surface area contributed by atoms with Crippen LogP contribution in [0.4, 0.5) is 0 Å². The predicted molar refractivity (Wildman–Crippen MR) is 121 cm³/mol. The van der Waals surface area contributed by atoms with Crippen LogP contribution in [0, 0.1) is 5.92 Å². The summed E-state index contributed by atoms with van der Waals surface area (Å²) < 4.78 is 0. The van der Waals surface area contributed by atoms with Crippen LogP contribution in [-0.4, -0.2) is 58.7 Å². The maximum Gasteiger partial charge on any atom is 0.326 e. The average molecular weight is 453 g/mol. The largest absolute Gasteiger partial charge is 0.480 e. The first-order chi connectivity index (χ1) is 14.5. The quantitative estimate of drug-likeness (QED) is 0.247. The van der Waals surface area contributed by atoms with Crippen molar-refractivity contribution in [1.29, 1.82) is 0 Å². The zero-order valence-corrected chi connectivity index (χ0v) is 18.9. The highest BCUT2D eigenvalue weighted by molar-refractivity contribution is 7.80. The van der Waals surface area contributed by atoms with Gasteiger partial charge in [-0.15, -0.1) is 0 Å². The van der Waals surface area contributed by atoms with Crippen LogP contribution in [0.25, 0.3) is 0 Å². The summed E-state index contributed by atoms with van der Waals surface area (Å²) in [7, 11) is 0. The Kier molecular flexibility index (Phi) is 11.1. The number of rotatable bonds is 12. The van der Waals surface area contributed by atoms with Crippen molar-refractivity contribution in [2.45, 2.75) is 57.8 Å². The van der Waals surface area contributed by atoms with Crippen molar-refractivity contribution in [2.75, 3.05) is 5.75 Å². The maximum absolute atomic E-state index is 12.4. The van der Waals surface area contributed by atoms with E-state index in [2.05, 4.69) is 28.6 Å². The molecule has 4 unspecified atom stereocenters. The lowest BCUT2D eigenvalue weighted by molar-refractivity contribution is -0.142. The van der Waals surface area contributed by atoms with Gasteiger partial charge in [0.2, 0.25) is 17.7 Å². The Morgan fingerprint density at radius 2 is 1.52 bits per heavy atom. The van der Waals surface area contributed by atoms with E-state index in [1.54, 1.807) is 0 Å². The molecule has 1 aromatic carbocycles. The molecule has 1 aromatic rings. The molecule has 0 aromatic heterocycles.